The monoisotopic (exact) mass is 471 g/mol. The number of fused-ring (bicyclic) bond motifs is 1. The minimum absolute atomic E-state index is 0.205. The molecule has 0 spiro atoms. The zero-order valence-corrected chi connectivity index (χ0v) is 18.1. The SMILES string of the molecule is O=C(O)C=Cc1cnn(-c2nc(NC3CCCC3)c3ncn([C@@H]4O[C@@H](CO)[C@H](O)[C@@H]4O)c3n2)c1. The first kappa shape index (κ1) is 22.4. The molecular formula is C21H25N7O6. The number of ether oxygens (including phenoxy) is 1. The highest BCUT2D eigenvalue weighted by Crippen LogP contribution is 2.33. The van der Waals surface area contributed by atoms with Crippen LogP contribution in [0.1, 0.15) is 37.5 Å². The van der Waals surface area contributed by atoms with E-state index in [0.717, 1.165) is 31.8 Å². The number of aromatic nitrogens is 6. The van der Waals surface area contributed by atoms with Crippen LogP contribution in [-0.4, -0.2) is 86.7 Å². The highest BCUT2D eigenvalue weighted by atomic mass is 16.6. The summed E-state index contributed by atoms with van der Waals surface area (Å²) in [4.78, 5) is 24.4. The average Bonchev–Trinajstić information content (AvgIpc) is 3.61. The van der Waals surface area contributed by atoms with Gasteiger partial charge in [0.2, 0.25) is 0 Å². The topological polar surface area (TPSA) is 181 Å². The Morgan fingerprint density at radius 3 is 2.74 bits per heavy atom. The highest BCUT2D eigenvalue weighted by molar-refractivity contribution is 5.85. The lowest BCUT2D eigenvalue weighted by Gasteiger charge is -2.18. The van der Waals surface area contributed by atoms with Crippen molar-refractivity contribution in [2.75, 3.05) is 11.9 Å². The minimum Gasteiger partial charge on any atom is -0.478 e. The third-order valence-electron chi connectivity index (χ3n) is 6.12. The standard InChI is InChI=1S/C21H25N7O6/c29-9-13-16(32)17(33)20(34-13)27-10-22-15-18(24-12-3-1-2-4-12)25-21(26-19(15)27)28-8-11(7-23-28)5-6-14(30)31/h5-8,10,12-13,16-17,20,29,32-33H,1-4,9H2,(H,30,31)(H,24,25,26)/t13-,16-,17-,20+/m0/s1. The van der Waals surface area contributed by atoms with Crippen LogP contribution in [0.25, 0.3) is 23.2 Å². The molecule has 34 heavy (non-hydrogen) atoms. The van der Waals surface area contributed by atoms with E-state index in [-0.39, 0.29) is 12.0 Å². The van der Waals surface area contributed by atoms with Crippen molar-refractivity contribution in [2.24, 2.45) is 0 Å². The molecular weight excluding hydrogens is 446 g/mol. The van der Waals surface area contributed by atoms with Gasteiger partial charge in [0, 0.05) is 23.9 Å². The molecule has 1 aliphatic heterocycles. The molecule has 2 fully saturated rings. The van der Waals surface area contributed by atoms with Crippen LogP contribution in [0.15, 0.2) is 24.8 Å². The van der Waals surface area contributed by atoms with Gasteiger partial charge in [-0.25, -0.2) is 14.5 Å². The Kier molecular flexibility index (Phi) is 6.00. The lowest BCUT2D eigenvalue weighted by atomic mass is 10.1. The zero-order chi connectivity index (χ0) is 23.8. The van der Waals surface area contributed by atoms with Crippen LogP contribution in [0, 0.1) is 0 Å². The molecule has 4 heterocycles. The first-order valence-electron chi connectivity index (χ1n) is 11.0. The van der Waals surface area contributed by atoms with E-state index < -0.39 is 37.1 Å². The van der Waals surface area contributed by atoms with Crippen molar-refractivity contribution < 1.29 is 30.0 Å². The summed E-state index contributed by atoms with van der Waals surface area (Å²) in [6.45, 7) is -0.448. The maximum Gasteiger partial charge on any atom is 0.328 e. The van der Waals surface area contributed by atoms with Crippen LogP contribution < -0.4 is 5.32 Å². The number of rotatable bonds is 7. The van der Waals surface area contributed by atoms with E-state index in [1.807, 2.05) is 0 Å². The molecule has 1 saturated heterocycles. The quantitative estimate of drug-likeness (QED) is 0.294. The third-order valence-corrected chi connectivity index (χ3v) is 6.12. The molecule has 5 rings (SSSR count). The van der Waals surface area contributed by atoms with Crippen molar-refractivity contribution in [2.45, 2.75) is 56.3 Å². The Labute approximate surface area is 193 Å². The van der Waals surface area contributed by atoms with Crippen molar-refractivity contribution in [3.8, 4) is 5.95 Å². The first-order chi connectivity index (χ1) is 16.4. The lowest BCUT2D eigenvalue weighted by molar-refractivity contribution is -0.131. The summed E-state index contributed by atoms with van der Waals surface area (Å²) >= 11 is 0. The summed E-state index contributed by atoms with van der Waals surface area (Å²) in [5, 5.41) is 46.7. The predicted molar refractivity (Wildman–Crippen MR) is 118 cm³/mol. The van der Waals surface area contributed by atoms with Crippen molar-refractivity contribution in [3.05, 3.63) is 30.4 Å². The van der Waals surface area contributed by atoms with Gasteiger partial charge in [0.15, 0.2) is 23.2 Å². The van der Waals surface area contributed by atoms with Crippen LogP contribution in [0.2, 0.25) is 0 Å². The lowest BCUT2D eigenvalue weighted by Crippen LogP contribution is -2.33. The number of carboxylic acids is 1. The number of anilines is 1. The van der Waals surface area contributed by atoms with Crippen LogP contribution in [-0.2, 0) is 9.53 Å². The Morgan fingerprint density at radius 1 is 1.24 bits per heavy atom. The molecule has 0 unspecified atom stereocenters. The Bertz CT molecular complexity index is 1220. The predicted octanol–water partition coefficient (Wildman–Crippen LogP) is 0.0758. The van der Waals surface area contributed by atoms with Gasteiger partial charge in [-0.1, -0.05) is 12.8 Å². The second kappa shape index (κ2) is 9.10. The summed E-state index contributed by atoms with van der Waals surface area (Å²) in [6, 6.07) is 0.233. The molecule has 5 N–H and O–H groups in total. The van der Waals surface area contributed by atoms with Gasteiger partial charge in [-0.15, -0.1) is 0 Å². The second-order valence-electron chi connectivity index (χ2n) is 8.44. The third kappa shape index (κ3) is 4.14. The fourth-order valence-electron chi connectivity index (χ4n) is 4.37. The van der Waals surface area contributed by atoms with Gasteiger partial charge in [-0.05, 0) is 18.9 Å². The van der Waals surface area contributed by atoms with Crippen molar-refractivity contribution in [3.63, 3.8) is 0 Å². The highest BCUT2D eigenvalue weighted by Gasteiger charge is 2.44. The summed E-state index contributed by atoms with van der Waals surface area (Å²) in [5.41, 5.74) is 1.36. The number of aliphatic hydroxyl groups is 3. The van der Waals surface area contributed by atoms with Crippen LogP contribution in [0.5, 0.6) is 0 Å². The van der Waals surface area contributed by atoms with Crippen molar-refractivity contribution in [1.29, 1.82) is 0 Å². The van der Waals surface area contributed by atoms with E-state index in [9.17, 15) is 20.1 Å². The molecule has 13 heteroatoms. The molecule has 0 radical (unpaired) electrons. The fourth-order valence-corrected chi connectivity index (χ4v) is 4.37. The average molecular weight is 471 g/mol. The van der Waals surface area contributed by atoms with Crippen molar-refractivity contribution >= 4 is 29.0 Å². The van der Waals surface area contributed by atoms with Gasteiger partial charge in [0.05, 0.1) is 19.1 Å². The molecule has 0 bridgehead atoms. The minimum atomic E-state index is -1.29. The van der Waals surface area contributed by atoms with E-state index in [4.69, 9.17) is 9.84 Å². The van der Waals surface area contributed by atoms with Gasteiger partial charge in [0.1, 0.15) is 18.3 Å². The van der Waals surface area contributed by atoms with Gasteiger partial charge in [-0.3, -0.25) is 4.57 Å². The molecule has 0 aromatic carbocycles. The smallest absolute Gasteiger partial charge is 0.328 e. The Morgan fingerprint density at radius 2 is 2.03 bits per heavy atom. The van der Waals surface area contributed by atoms with Crippen LogP contribution in [0.4, 0.5) is 5.82 Å². The van der Waals surface area contributed by atoms with E-state index in [1.54, 1.807) is 6.20 Å². The van der Waals surface area contributed by atoms with Gasteiger partial charge < -0.3 is 30.5 Å². The fraction of sp³-hybridized carbons (Fsp3) is 0.476. The van der Waals surface area contributed by atoms with Gasteiger partial charge >= 0.3 is 5.97 Å². The van der Waals surface area contributed by atoms with Crippen molar-refractivity contribution in [1.82, 2.24) is 29.3 Å². The van der Waals surface area contributed by atoms with E-state index >= 15 is 0 Å². The number of imidazole rings is 1. The summed E-state index contributed by atoms with van der Waals surface area (Å²) < 4.78 is 8.58. The number of aliphatic hydroxyl groups excluding tert-OH is 3. The number of hydrogen-bond donors (Lipinski definition) is 5. The molecule has 1 saturated carbocycles. The molecule has 4 atom stereocenters. The summed E-state index contributed by atoms with van der Waals surface area (Å²) in [5.74, 6) is -0.372. The molecule has 0 amide bonds. The normalized spacial score (nSPS) is 25.6. The van der Waals surface area contributed by atoms with E-state index in [0.29, 0.717) is 22.5 Å². The Balaban J connectivity index is 1.57. The number of hydrogen-bond acceptors (Lipinski definition) is 10. The molecule has 180 valence electrons. The molecule has 1 aliphatic carbocycles. The number of carboxylic acid groups (broad SMARTS) is 1. The molecule has 3 aromatic heterocycles. The van der Waals surface area contributed by atoms with Crippen LogP contribution >= 0.6 is 0 Å². The van der Waals surface area contributed by atoms with Crippen LogP contribution in [0.3, 0.4) is 0 Å². The largest absolute Gasteiger partial charge is 0.478 e. The van der Waals surface area contributed by atoms with E-state index in [1.165, 1.54) is 27.8 Å². The van der Waals surface area contributed by atoms with E-state index in [2.05, 4.69) is 25.4 Å². The molecule has 13 nitrogen and oxygen atoms in total. The first-order valence-corrected chi connectivity index (χ1v) is 11.0. The number of nitrogens with zero attached hydrogens (tertiary/aromatic N) is 6. The second-order valence-corrected chi connectivity index (χ2v) is 8.44. The maximum atomic E-state index is 10.8. The molecule has 3 aromatic rings. The van der Waals surface area contributed by atoms with Gasteiger partial charge in [0.25, 0.3) is 5.95 Å². The zero-order valence-electron chi connectivity index (χ0n) is 18.1. The summed E-state index contributed by atoms with van der Waals surface area (Å²) in [7, 11) is 0. The number of carbonyl (C=O) groups is 1. The van der Waals surface area contributed by atoms with Gasteiger partial charge in [-0.2, -0.15) is 15.1 Å². The summed E-state index contributed by atoms with van der Waals surface area (Å²) in [6.07, 6.45) is 6.68. The molecule has 2 aliphatic rings. The Hall–Kier alpha value is -3.39. The maximum absolute atomic E-state index is 10.8. The number of nitrogens with one attached hydrogen (secondary N) is 1. The number of aliphatic carboxylic acids is 1.